The fourth-order valence-electron chi connectivity index (χ4n) is 16.2. The van der Waals surface area contributed by atoms with Crippen molar-refractivity contribution in [2.75, 3.05) is 60.6 Å². The number of halogens is 1. The number of likely N-dealkylation sites (N-methyl/N-ethyl adjacent to an activating group) is 4. The number of allylic oxidation sites excluding steroid dienone is 4. The fraction of sp³-hybridized carbons (Fsp3) is 0.272. The van der Waals surface area contributed by atoms with Gasteiger partial charge in [0.15, 0.2) is 0 Å². The van der Waals surface area contributed by atoms with Crippen LogP contribution in [0.3, 0.4) is 0 Å². The summed E-state index contributed by atoms with van der Waals surface area (Å²) in [5.74, 6) is 0. The second kappa shape index (κ2) is 30.6. The summed E-state index contributed by atoms with van der Waals surface area (Å²) in [5, 5.41) is 12.3. The molecule has 13 heteroatoms. The lowest BCUT2D eigenvalue weighted by molar-refractivity contribution is 0.312. The summed E-state index contributed by atoms with van der Waals surface area (Å²) in [6.45, 7) is 26.1. The summed E-state index contributed by atoms with van der Waals surface area (Å²) in [5.41, 5.74) is 30.0. The largest absolute Gasteiger partial charge is 0.320 e. The Morgan fingerprint density at radius 1 is 0.419 bits per heavy atom. The van der Waals surface area contributed by atoms with Gasteiger partial charge in [0.2, 0.25) is 0 Å². The predicted molar refractivity (Wildman–Crippen MR) is 457 cm³/mol. The topological polar surface area (TPSA) is 45.6 Å². The second-order valence-corrected chi connectivity index (χ2v) is 33.2. The minimum Gasteiger partial charge on any atom is -0.320 e. The summed E-state index contributed by atoms with van der Waals surface area (Å²) in [4.78, 5) is 18.1. The first-order valence-electron chi connectivity index (χ1n) is 37.0. The van der Waals surface area contributed by atoms with Gasteiger partial charge in [-0.3, -0.25) is 4.98 Å². The number of rotatable bonds is 9. The summed E-state index contributed by atoms with van der Waals surface area (Å²) in [6.07, 6.45) is 19.7. The van der Waals surface area contributed by atoms with Gasteiger partial charge in [0.25, 0.3) is 0 Å². The molecule has 7 aromatic carbocycles. The summed E-state index contributed by atoms with van der Waals surface area (Å²) in [6, 6.07) is 57.3. The van der Waals surface area contributed by atoms with Crippen molar-refractivity contribution in [1.82, 2.24) is 42.9 Å². The number of thioether (sulfide) groups is 1. The lowest BCUT2D eigenvalue weighted by atomic mass is 10.0. The van der Waals surface area contributed by atoms with Crippen LogP contribution >= 0.6 is 46.0 Å². The van der Waals surface area contributed by atoms with E-state index in [1.54, 1.807) is 11.8 Å². The molecule has 4 aliphatic rings. The molecule has 0 spiro atoms. The van der Waals surface area contributed by atoms with Crippen LogP contribution in [-0.2, 0) is 51.9 Å². The molecule has 105 heavy (non-hydrogen) atoms. The molecule has 0 bridgehead atoms. The number of thiophene rings is 2. The monoisotopic (exact) mass is 1460 g/mol. The molecule has 0 saturated heterocycles. The minimum atomic E-state index is 0.805. The molecule has 4 aliphatic heterocycles. The molecule has 7 aromatic heterocycles. The standard InChI is InChI=1S/C25H25N3.C24H24N2S.C22H23ClN2S.C21H24N2S/c1-17-8-9-24-21(12-17)23-16-27(3)11-10-25(23)28(24)15-18(2)22-14-26-13-19-6-4-5-7-20(19)22;1-16-8-9-21-19(12-16)20-15-25(3)11-10-22(20)26(21)14-17(2)24-13-18-6-4-5-7-23(18)27-24;1-15(16-5-4-6-18(11-16)26-3)13-25-21-8-7-17(23)12-19(21)20-14-24(2)10-9-22(20)25;1-14-5-6-19-17(9-14)18-12-22(4)8-7-20(18)23(19)11-16(3)21-10-15(2)13-24-21/h4-9,12-15H,10-11,16H2,1-3H3;4-9,12-14H,10-11,15H2,1-3H3;4-8,11-13H,9-10,14H2,1-3H3;5-6,9-11,13H,7-8,12H2,1-4H3/b18-15+;17-14-;15-13+;16-11-. The molecule has 0 unspecified atom stereocenters. The number of pyridine rings is 1. The molecule has 0 N–H and O–H groups in total. The van der Waals surface area contributed by atoms with Crippen LogP contribution in [0.15, 0.2) is 180 Å². The molecule has 9 nitrogen and oxygen atoms in total. The SMILES string of the molecule is C/C(=C/n1c2c(c3cc(C)ccc31)CN(C)CC2)c1cc(C)cs1.C/C(=C/n1c2c(c3cc(C)ccc31)CN(C)CC2)c1cc2ccccc2s1.C/C(=C\n1c2c(c3cc(C)ccc31)CN(C)CC2)c1cncc2ccccc12.CSc1cccc(/C(C)=C/n2c3c(c4cc(Cl)ccc42)CN(C)CC3)c1. The van der Waals surface area contributed by atoms with Gasteiger partial charge in [-0.1, -0.05) is 101 Å². The van der Waals surface area contributed by atoms with Gasteiger partial charge in [0.1, 0.15) is 0 Å². The summed E-state index contributed by atoms with van der Waals surface area (Å²) < 4.78 is 11.1. The van der Waals surface area contributed by atoms with Crippen LogP contribution in [0.25, 0.3) is 112 Å². The zero-order chi connectivity index (χ0) is 72.9. The number of hydrogen-bond donors (Lipinski definition) is 0. The normalized spacial score (nSPS) is 15.6. The number of aryl methyl sites for hydroxylation is 4. The van der Waals surface area contributed by atoms with Crippen molar-refractivity contribution in [3.8, 4) is 0 Å². The van der Waals surface area contributed by atoms with Gasteiger partial charge in [0.05, 0.1) is 22.1 Å². The van der Waals surface area contributed by atoms with E-state index in [9.17, 15) is 0 Å². The van der Waals surface area contributed by atoms with E-state index in [2.05, 4.69) is 315 Å². The van der Waals surface area contributed by atoms with Gasteiger partial charge in [-0.15, -0.1) is 34.4 Å². The molecular formula is C92H96ClN9S3. The Morgan fingerprint density at radius 2 is 0.867 bits per heavy atom. The van der Waals surface area contributed by atoms with Crippen molar-refractivity contribution in [3.63, 3.8) is 0 Å². The first-order valence-corrected chi connectivity index (χ1v) is 40.3. The molecule has 14 aromatic rings. The number of fused-ring (bicyclic) bond motifs is 14. The number of aromatic nitrogens is 5. The Morgan fingerprint density at radius 3 is 1.35 bits per heavy atom. The van der Waals surface area contributed by atoms with Gasteiger partial charge in [-0.25, -0.2) is 0 Å². The van der Waals surface area contributed by atoms with Crippen molar-refractivity contribution in [3.05, 3.63) is 269 Å². The van der Waals surface area contributed by atoms with E-state index in [1.807, 2.05) is 41.1 Å². The Hall–Kier alpha value is -8.79. The molecule has 0 saturated carbocycles. The van der Waals surface area contributed by atoms with Crippen molar-refractivity contribution in [2.24, 2.45) is 0 Å². The Kier molecular flexibility index (Phi) is 20.9. The molecule has 0 fully saturated rings. The van der Waals surface area contributed by atoms with E-state index in [4.69, 9.17) is 11.6 Å². The van der Waals surface area contributed by atoms with E-state index < -0.39 is 0 Å². The van der Waals surface area contributed by atoms with Gasteiger partial charge in [-0.05, 0) is 247 Å². The summed E-state index contributed by atoms with van der Waals surface area (Å²) in [7, 11) is 8.84. The number of benzene rings is 7. The molecular weight excluding hydrogens is 1360 g/mol. The van der Waals surface area contributed by atoms with Gasteiger partial charge in [-0.2, -0.15) is 0 Å². The molecule has 18 rings (SSSR count). The molecule has 0 amide bonds. The van der Waals surface area contributed by atoms with E-state index >= 15 is 0 Å². The first-order chi connectivity index (χ1) is 50.8. The molecule has 534 valence electrons. The highest BCUT2D eigenvalue weighted by Gasteiger charge is 2.27. The third-order valence-electron chi connectivity index (χ3n) is 21.8. The molecule has 0 radical (unpaired) electrons. The maximum Gasteiger partial charge on any atom is 0.0529 e. The van der Waals surface area contributed by atoms with E-state index in [0.717, 1.165) is 83.1 Å². The summed E-state index contributed by atoms with van der Waals surface area (Å²) >= 11 is 11.8. The average Bonchev–Trinajstić information content (AvgIpc) is 1.63. The maximum absolute atomic E-state index is 6.30. The Labute approximate surface area is 637 Å². The van der Waals surface area contributed by atoms with E-state index in [0.29, 0.717) is 0 Å². The highest BCUT2D eigenvalue weighted by atomic mass is 35.5. The highest BCUT2D eigenvalue weighted by Crippen LogP contribution is 2.40. The Bertz CT molecular complexity index is 5740. The molecule has 0 aliphatic carbocycles. The predicted octanol–water partition coefficient (Wildman–Crippen LogP) is 23.0. The van der Waals surface area contributed by atoms with Crippen LogP contribution in [0.2, 0.25) is 5.02 Å². The van der Waals surface area contributed by atoms with Crippen molar-refractivity contribution in [2.45, 2.75) is 112 Å². The fourth-order valence-corrected chi connectivity index (χ4v) is 18.7. The van der Waals surface area contributed by atoms with Crippen molar-refractivity contribution < 1.29 is 0 Å². The van der Waals surface area contributed by atoms with Crippen LogP contribution in [0.4, 0.5) is 0 Å². The lowest BCUT2D eigenvalue weighted by Gasteiger charge is -2.23. The van der Waals surface area contributed by atoms with E-state index in [1.165, 1.54) is 180 Å². The third kappa shape index (κ3) is 14.8. The van der Waals surface area contributed by atoms with Gasteiger partial charge < -0.3 is 37.9 Å². The Balaban J connectivity index is 0.000000113. The van der Waals surface area contributed by atoms with E-state index in [-0.39, 0.29) is 0 Å². The van der Waals surface area contributed by atoms with Crippen LogP contribution in [0.1, 0.15) is 116 Å². The maximum atomic E-state index is 6.30. The van der Waals surface area contributed by atoms with Crippen LogP contribution < -0.4 is 0 Å². The molecule has 11 heterocycles. The smallest absolute Gasteiger partial charge is 0.0529 e. The van der Waals surface area contributed by atoms with Crippen LogP contribution in [0, 0.1) is 27.7 Å². The average molecular weight is 1460 g/mol. The second-order valence-electron chi connectivity index (χ2n) is 29.9. The third-order valence-corrected chi connectivity index (χ3v) is 25.2. The quantitative estimate of drug-likeness (QED) is 0.134. The molecule has 0 atom stereocenters. The first kappa shape index (κ1) is 71.8. The van der Waals surface area contributed by atoms with Crippen LogP contribution in [-0.4, -0.2) is 103 Å². The lowest BCUT2D eigenvalue weighted by Crippen LogP contribution is -2.26. The minimum absolute atomic E-state index is 0.805. The van der Waals surface area contributed by atoms with Gasteiger partial charge >= 0.3 is 0 Å². The zero-order valence-corrected chi connectivity index (χ0v) is 66.4. The number of hydrogen-bond acceptors (Lipinski definition) is 8. The van der Waals surface area contributed by atoms with Crippen molar-refractivity contribution in [1.29, 1.82) is 0 Å². The van der Waals surface area contributed by atoms with Gasteiger partial charge in [0, 0.05) is 195 Å². The van der Waals surface area contributed by atoms with Crippen molar-refractivity contribution >= 4 is 158 Å². The zero-order valence-electron chi connectivity index (χ0n) is 63.2. The van der Waals surface area contributed by atoms with Crippen LogP contribution in [0.5, 0.6) is 0 Å². The highest BCUT2D eigenvalue weighted by molar-refractivity contribution is 7.98. The number of nitrogens with zero attached hydrogens (tertiary/aromatic N) is 9.